The predicted octanol–water partition coefficient (Wildman–Crippen LogP) is 2.59. The van der Waals surface area contributed by atoms with Crippen LogP contribution in [-0.2, 0) is 0 Å². The molecule has 0 radical (unpaired) electrons. The second kappa shape index (κ2) is 4.24. The molecule has 0 saturated heterocycles. The van der Waals surface area contributed by atoms with Gasteiger partial charge in [0.15, 0.2) is 0 Å². The molecule has 0 unspecified atom stereocenters. The van der Waals surface area contributed by atoms with E-state index >= 15 is 0 Å². The van der Waals surface area contributed by atoms with Crippen molar-refractivity contribution in [3.63, 3.8) is 0 Å². The van der Waals surface area contributed by atoms with E-state index in [0.29, 0.717) is 0 Å². The molecule has 0 spiro atoms. The van der Waals surface area contributed by atoms with Gasteiger partial charge < -0.3 is 5.32 Å². The van der Waals surface area contributed by atoms with Crippen molar-refractivity contribution in [3.05, 3.63) is 47.1 Å². The van der Waals surface area contributed by atoms with E-state index in [4.69, 9.17) is 0 Å². The molecule has 1 aliphatic carbocycles. The van der Waals surface area contributed by atoms with Gasteiger partial charge in [0.05, 0.1) is 0 Å². The molecule has 1 N–H and O–H groups in total. The summed E-state index contributed by atoms with van der Waals surface area (Å²) in [5.74, 6) is 0. The Balaban J connectivity index is 3.03. The molecule has 0 atom stereocenters. The summed E-state index contributed by atoms with van der Waals surface area (Å²) in [4.78, 5) is 0. The number of hydrogen-bond donors (Lipinski definition) is 1. The molecule has 0 heterocycles. The van der Waals surface area contributed by atoms with Crippen LogP contribution in [0.15, 0.2) is 47.1 Å². The van der Waals surface area contributed by atoms with Crippen LogP contribution in [0.1, 0.15) is 13.8 Å². The molecule has 0 saturated carbocycles. The lowest BCUT2D eigenvalue weighted by molar-refractivity contribution is 0.884. The highest BCUT2D eigenvalue weighted by Crippen LogP contribution is 2.29. The predicted molar refractivity (Wildman–Crippen MR) is 58.7 cm³/mol. The maximum absolute atomic E-state index is 4.02. The van der Waals surface area contributed by atoms with Crippen LogP contribution in [0.4, 0.5) is 0 Å². The van der Waals surface area contributed by atoms with E-state index in [0.717, 1.165) is 12.1 Å². The van der Waals surface area contributed by atoms with E-state index in [1.165, 1.54) is 16.7 Å². The second-order valence-corrected chi connectivity index (χ2v) is 3.28. The van der Waals surface area contributed by atoms with Gasteiger partial charge in [-0.3, -0.25) is 0 Å². The van der Waals surface area contributed by atoms with E-state index < -0.39 is 0 Å². The zero-order chi connectivity index (χ0) is 9.84. The van der Waals surface area contributed by atoms with Gasteiger partial charge in [-0.05, 0) is 43.2 Å². The fourth-order valence-corrected chi connectivity index (χ4v) is 1.62. The van der Waals surface area contributed by atoms with Gasteiger partial charge >= 0.3 is 0 Å². The zero-order valence-corrected chi connectivity index (χ0v) is 8.65. The first-order valence-corrected chi connectivity index (χ1v) is 4.59. The Labute approximate surface area is 80.5 Å². The van der Waals surface area contributed by atoms with Crippen molar-refractivity contribution in [2.45, 2.75) is 13.8 Å². The third kappa shape index (κ3) is 1.99. The van der Waals surface area contributed by atoms with Gasteiger partial charge in [-0.2, -0.15) is 0 Å². The van der Waals surface area contributed by atoms with Crippen LogP contribution in [0.25, 0.3) is 0 Å². The van der Waals surface area contributed by atoms with Crippen LogP contribution in [0, 0.1) is 0 Å². The molecule has 1 aliphatic rings. The van der Waals surface area contributed by atoms with Crippen molar-refractivity contribution >= 4 is 0 Å². The molecule has 0 fully saturated rings. The quantitative estimate of drug-likeness (QED) is 0.695. The van der Waals surface area contributed by atoms with E-state index in [9.17, 15) is 0 Å². The standard InChI is InChI=1S/C12H17N/c1-5-6-11-9(2)7-10(3)12(11)8-13-4/h5-7,13H,2,8H2,1,3-4H3/b6-5-. The first-order chi connectivity index (χ1) is 6.20. The van der Waals surface area contributed by atoms with Gasteiger partial charge in [0.1, 0.15) is 0 Å². The third-order valence-corrected chi connectivity index (χ3v) is 2.22. The highest BCUT2D eigenvalue weighted by molar-refractivity contribution is 5.61. The molecule has 1 heteroatoms. The summed E-state index contributed by atoms with van der Waals surface area (Å²) in [5.41, 5.74) is 5.09. The minimum absolute atomic E-state index is 0.918. The first-order valence-electron chi connectivity index (χ1n) is 4.59. The molecular weight excluding hydrogens is 158 g/mol. The highest BCUT2D eigenvalue weighted by atomic mass is 14.8. The van der Waals surface area contributed by atoms with Gasteiger partial charge in [-0.1, -0.05) is 24.8 Å². The summed E-state index contributed by atoms with van der Waals surface area (Å²) >= 11 is 0. The van der Waals surface area contributed by atoms with E-state index in [2.05, 4.69) is 37.0 Å². The molecule has 0 aliphatic heterocycles. The van der Waals surface area contributed by atoms with Gasteiger partial charge in [-0.15, -0.1) is 0 Å². The Bertz CT molecular complexity index is 303. The minimum Gasteiger partial charge on any atom is -0.316 e. The molecule has 70 valence electrons. The number of likely N-dealkylation sites (N-methyl/N-ethyl adjacent to an activating group) is 1. The van der Waals surface area contributed by atoms with Crippen LogP contribution >= 0.6 is 0 Å². The Morgan fingerprint density at radius 2 is 2.23 bits per heavy atom. The smallest absolute Gasteiger partial charge is 0.0211 e. The van der Waals surface area contributed by atoms with Gasteiger partial charge in [0, 0.05) is 6.54 Å². The maximum atomic E-state index is 4.02. The van der Waals surface area contributed by atoms with Crippen molar-refractivity contribution in [1.29, 1.82) is 0 Å². The Morgan fingerprint density at radius 3 is 2.77 bits per heavy atom. The average molecular weight is 175 g/mol. The van der Waals surface area contributed by atoms with Crippen LogP contribution in [0.2, 0.25) is 0 Å². The normalized spacial score (nSPS) is 17.5. The molecule has 0 amide bonds. The van der Waals surface area contributed by atoms with Crippen molar-refractivity contribution in [3.8, 4) is 0 Å². The van der Waals surface area contributed by atoms with Gasteiger partial charge in [0.25, 0.3) is 0 Å². The summed E-state index contributed by atoms with van der Waals surface area (Å²) in [5, 5.41) is 3.18. The van der Waals surface area contributed by atoms with Gasteiger partial charge in [0.2, 0.25) is 0 Å². The SMILES string of the molecule is C=C1C=C(C)C(CNC)=C1/C=C\C. The van der Waals surface area contributed by atoms with Crippen molar-refractivity contribution in [2.24, 2.45) is 0 Å². The third-order valence-electron chi connectivity index (χ3n) is 2.22. The molecule has 0 bridgehead atoms. The summed E-state index contributed by atoms with van der Waals surface area (Å²) in [6, 6.07) is 0. The Hall–Kier alpha value is -1.08. The summed E-state index contributed by atoms with van der Waals surface area (Å²) in [6.45, 7) is 9.11. The van der Waals surface area contributed by atoms with E-state index in [-0.39, 0.29) is 0 Å². The van der Waals surface area contributed by atoms with Crippen LogP contribution in [-0.4, -0.2) is 13.6 Å². The lowest BCUT2D eigenvalue weighted by atomic mass is 10.1. The Kier molecular flexibility index (Phi) is 3.26. The van der Waals surface area contributed by atoms with Crippen LogP contribution < -0.4 is 5.32 Å². The zero-order valence-electron chi connectivity index (χ0n) is 8.65. The second-order valence-electron chi connectivity index (χ2n) is 3.28. The summed E-state index contributed by atoms with van der Waals surface area (Å²) in [7, 11) is 1.97. The number of allylic oxidation sites excluding steroid dienone is 5. The molecule has 13 heavy (non-hydrogen) atoms. The van der Waals surface area contributed by atoms with Crippen molar-refractivity contribution < 1.29 is 0 Å². The summed E-state index contributed by atoms with van der Waals surface area (Å²) < 4.78 is 0. The fraction of sp³-hybridized carbons (Fsp3) is 0.333. The lowest BCUT2D eigenvalue weighted by Gasteiger charge is -2.05. The molecule has 0 aromatic rings. The fourth-order valence-electron chi connectivity index (χ4n) is 1.62. The van der Waals surface area contributed by atoms with Crippen LogP contribution in [0.5, 0.6) is 0 Å². The monoisotopic (exact) mass is 175 g/mol. The average Bonchev–Trinajstić information content (AvgIpc) is 2.33. The molecular formula is C12H17N. The molecule has 0 aromatic heterocycles. The minimum atomic E-state index is 0.918. The Morgan fingerprint density at radius 1 is 1.54 bits per heavy atom. The van der Waals surface area contributed by atoms with E-state index in [1.54, 1.807) is 0 Å². The van der Waals surface area contributed by atoms with Crippen LogP contribution in [0.3, 0.4) is 0 Å². The summed E-state index contributed by atoms with van der Waals surface area (Å²) in [6.07, 6.45) is 6.33. The van der Waals surface area contributed by atoms with Crippen molar-refractivity contribution in [2.75, 3.05) is 13.6 Å². The topological polar surface area (TPSA) is 12.0 Å². The number of hydrogen-bond acceptors (Lipinski definition) is 1. The van der Waals surface area contributed by atoms with Gasteiger partial charge in [-0.25, -0.2) is 0 Å². The molecule has 1 nitrogen and oxygen atoms in total. The number of rotatable bonds is 3. The first kappa shape index (κ1) is 10.0. The molecule has 1 rings (SSSR count). The highest BCUT2D eigenvalue weighted by Gasteiger charge is 2.14. The number of nitrogens with one attached hydrogen (secondary N) is 1. The molecule has 0 aromatic carbocycles. The van der Waals surface area contributed by atoms with Crippen molar-refractivity contribution in [1.82, 2.24) is 5.32 Å². The largest absolute Gasteiger partial charge is 0.316 e. The maximum Gasteiger partial charge on any atom is 0.0211 e. The lowest BCUT2D eigenvalue weighted by Crippen LogP contribution is -2.11. The van der Waals surface area contributed by atoms with E-state index in [1.807, 2.05) is 14.0 Å².